The molecule has 1 heterocycles. The molecule has 0 bridgehead atoms. The number of benzene rings is 2. The van der Waals surface area contributed by atoms with Crippen LogP contribution in [0.1, 0.15) is 56.8 Å². The fraction of sp³-hybridized carbons (Fsp3) is 0.273. The van der Waals surface area contributed by atoms with Crippen LogP contribution in [-0.2, 0) is 9.53 Å². The first-order valence-electron chi connectivity index (χ1n) is 9.59. The molecular weight excluding hydrogens is 372 g/mol. The lowest BCUT2D eigenvalue weighted by Gasteiger charge is -2.14. The SMILES string of the molecule is O=C(COC(=O)c1ccc(N2C(=O)c3ccccc3C2=O)cc1)NC1CCCC1. The number of nitrogens with one attached hydrogen (secondary N) is 1. The highest BCUT2D eigenvalue weighted by Crippen LogP contribution is 2.28. The summed E-state index contributed by atoms with van der Waals surface area (Å²) in [5, 5.41) is 2.85. The quantitative estimate of drug-likeness (QED) is 0.624. The van der Waals surface area contributed by atoms with Crippen molar-refractivity contribution in [2.45, 2.75) is 31.7 Å². The Hall–Kier alpha value is -3.48. The van der Waals surface area contributed by atoms with Crippen molar-refractivity contribution in [1.29, 1.82) is 0 Å². The largest absolute Gasteiger partial charge is 0.452 e. The Labute approximate surface area is 167 Å². The molecule has 148 valence electrons. The summed E-state index contributed by atoms with van der Waals surface area (Å²) >= 11 is 0. The summed E-state index contributed by atoms with van der Waals surface area (Å²) in [6, 6.07) is 12.8. The molecule has 1 aliphatic carbocycles. The van der Waals surface area contributed by atoms with Crippen molar-refractivity contribution in [3.05, 3.63) is 65.2 Å². The first-order chi connectivity index (χ1) is 14.0. The summed E-state index contributed by atoms with van der Waals surface area (Å²) in [7, 11) is 0. The molecule has 1 aliphatic heterocycles. The average Bonchev–Trinajstić information content (AvgIpc) is 3.33. The molecule has 2 aliphatic rings. The van der Waals surface area contributed by atoms with Crippen molar-refractivity contribution in [2.24, 2.45) is 0 Å². The van der Waals surface area contributed by atoms with Gasteiger partial charge >= 0.3 is 5.97 Å². The normalized spacial score (nSPS) is 16.1. The Morgan fingerprint density at radius 3 is 2.10 bits per heavy atom. The van der Waals surface area contributed by atoms with E-state index in [-0.39, 0.29) is 24.1 Å². The molecule has 0 unspecified atom stereocenters. The molecule has 2 aromatic carbocycles. The van der Waals surface area contributed by atoms with Crippen LogP contribution in [0.5, 0.6) is 0 Å². The maximum atomic E-state index is 12.5. The van der Waals surface area contributed by atoms with Crippen LogP contribution >= 0.6 is 0 Å². The molecule has 3 amide bonds. The molecule has 2 aromatic rings. The number of carbonyl (C=O) groups is 4. The second kappa shape index (κ2) is 7.87. The molecular formula is C22H20N2O5. The van der Waals surface area contributed by atoms with Gasteiger partial charge in [0.2, 0.25) is 0 Å². The van der Waals surface area contributed by atoms with Gasteiger partial charge in [0.15, 0.2) is 6.61 Å². The van der Waals surface area contributed by atoms with Crippen LogP contribution in [0.2, 0.25) is 0 Å². The monoisotopic (exact) mass is 392 g/mol. The maximum Gasteiger partial charge on any atom is 0.338 e. The highest BCUT2D eigenvalue weighted by Gasteiger charge is 2.36. The number of hydrogen-bond donors (Lipinski definition) is 1. The van der Waals surface area contributed by atoms with Crippen molar-refractivity contribution in [3.8, 4) is 0 Å². The highest BCUT2D eigenvalue weighted by molar-refractivity contribution is 6.34. The topological polar surface area (TPSA) is 92.8 Å². The van der Waals surface area contributed by atoms with Crippen molar-refractivity contribution >= 4 is 29.4 Å². The Morgan fingerprint density at radius 1 is 0.931 bits per heavy atom. The molecule has 1 N–H and O–H groups in total. The summed E-state index contributed by atoms with van der Waals surface area (Å²) in [5.41, 5.74) is 1.31. The zero-order valence-corrected chi connectivity index (χ0v) is 15.7. The number of carbonyl (C=O) groups excluding carboxylic acids is 4. The van der Waals surface area contributed by atoms with Crippen LogP contribution < -0.4 is 10.2 Å². The van der Waals surface area contributed by atoms with E-state index in [0.717, 1.165) is 30.6 Å². The number of rotatable bonds is 5. The summed E-state index contributed by atoms with van der Waals surface area (Å²) in [6.45, 7) is -0.338. The summed E-state index contributed by atoms with van der Waals surface area (Å²) in [6.07, 6.45) is 4.12. The van der Waals surface area contributed by atoms with E-state index in [1.165, 1.54) is 24.3 Å². The smallest absolute Gasteiger partial charge is 0.338 e. The fourth-order valence-corrected chi connectivity index (χ4v) is 3.72. The van der Waals surface area contributed by atoms with Crippen LogP contribution in [0.3, 0.4) is 0 Å². The second-order valence-electron chi connectivity index (χ2n) is 7.16. The Bertz CT molecular complexity index is 942. The predicted molar refractivity (Wildman–Crippen MR) is 105 cm³/mol. The van der Waals surface area contributed by atoms with E-state index in [4.69, 9.17) is 4.74 Å². The third-order valence-electron chi connectivity index (χ3n) is 5.21. The van der Waals surface area contributed by atoms with Gasteiger partial charge in [-0.3, -0.25) is 14.4 Å². The van der Waals surface area contributed by atoms with Crippen LogP contribution in [0.4, 0.5) is 5.69 Å². The third kappa shape index (κ3) is 3.76. The lowest BCUT2D eigenvalue weighted by atomic mass is 10.1. The summed E-state index contributed by atoms with van der Waals surface area (Å²) in [4.78, 5) is 50.2. The van der Waals surface area contributed by atoms with Gasteiger partial charge in [0.05, 0.1) is 22.4 Å². The van der Waals surface area contributed by atoms with Gasteiger partial charge < -0.3 is 10.1 Å². The van der Waals surface area contributed by atoms with E-state index in [1.54, 1.807) is 24.3 Å². The number of imide groups is 1. The van der Waals surface area contributed by atoms with E-state index >= 15 is 0 Å². The number of amides is 3. The van der Waals surface area contributed by atoms with Gasteiger partial charge in [-0.2, -0.15) is 0 Å². The highest BCUT2D eigenvalue weighted by atomic mass is 16.5. The van der Waals surface area contributed by atoms with E-state index in [2.05, 4.69) is 5.32 Å². The molecule has 7 nitrogen and oxygen atoms in total. The first-order valence-corrected chi connectivity index (χ1v) is 9.59. The summed E-state index contributed by atoms with van der Waals surface area (Å²) in [5.74, 6) is -1.75. The molecule has 1 fully saturated rings. The minimum Gasteiger partial charge on any atom is -0.452 e. The first kappa shape index (κ1) is 18.9. The lowest BCUT2D eigenvalue weighted by Crippen LogP contribution is -2.35. The van der Waals surface area contributed by atoms with Gasteiger partial charge in [-0.1, -0.05) is 25.0 Å². The van der Waals surface area contributed by atoms with Crippen LogP contribution in [0.25, 0.3) is 0 Å². The van der Waals surface area contributed by atoms with Gasteiger partial charge in [-0.05, 0) is 49.2 Å². The zero-order valence-electron chi connectivity index (χ0n) is 15.7. The molecule has 7 heteroatoms. The van der Waals surface area contributed by atoms with Crippen LogP contribution in [0.15, 0.2) is 48.5 Å². The fourth-order valence-electron chi connectivity index (χ4n) is 3.72. The number of hydrogen-bond acceptors (Lipinski definition) is 5. The van der Waals surface area contributed by atoms with E-state index < -0.39 is 17.8 Å². The van der Waals surface area contributed by atoms with Crippen LogP contribution in [0, 0.1) is 0 Å². The third-order valence-corrected chi connectivity index (χ3v) is 5.21. The van der Waals surface area contributed by atoms with Gasteiger partial charge in [0, 0.05) is 6.04 Å². The molecule has 0 saturated heterocycles. The van der Waals surface area contributed by atoms with Crippen LogP contribution in [-0.4, -0.2) is 36.3 Å². The Kier molecular flexibility index (Phi) is 5.12. The molecule has 0 spiro atoms. The van der Waals surface area contributed by atoms with Gasteiger partial charge in [-0.15, -0.1) is 0 Å². The van der Waals surface area contributed by atoms with E-state index in [1.807, 2.05) is 0 Å². The minimum absolute atomic E-state index is 0.167. The molecule has 29 heavy (non-hydrogen) atoms. The van der Waals surface area contributed by atoms with Gasteiger partial charge in [0.1, 0.15) is 0 Å². The van der Waals surface area contributed by atoms with Gasteiger partial charge in [-0.25, -0.2) is 9.69 Å². The van der Waals surface area contributed by atoms with Crippen molar-refractivity contribution in [3.63, 3.8) is 0 Å². The van der Waals surface area contributed by atoms with E-state index in [9.17, 15) is 19.2 Å². The number of anilines is 1. The molecule has 4 rings (SSSR count). The molecule has 0 aromatic heterocycles. The molecule has 0 radical (unpaired) electrons. The molecule has 1 saturated carbocycles. The maximum absolute atomic E-state index is 12.5. The number of ether oxygens (including phenoxy) is 1. The standard InChI is InChI=1S/C22H20N2O5/c25-19(23-15-5-1-2-6-15)13-29-22(28)14-9-11-16(12-10-14)24-20(26)17-7-3-4-8-18(17)21(24)27/h3-4,7-12,15H,1-2,5-6,13H2,(H,23,25). The molecule has 0 atom stereocenters. The Morgan fingerprint density at radius 2 is 1.52 bits per heavy atom. The summed E-state index contributed by atoms with van der Waals surface area (Å²) < 4.78 is 5.06. The number of fused-ring (bicyclic) bond motifs is 1. The van der Waals surface area contributed by atoms with Crippen molar-refractivity contribution in [2.75, 3.05) is 11.5 Å². The average molecular weight is 392 g/mol. The predicted octanol–water partition coefficient (Wildman–Crippen LogP) is 2.70. The number of esters is 1. The number of nitrogens with zero attached hydrogens (tertiary/aromatic N) is 1. The van der Waals surface area contributed by atoms with Crippen molar-refractivity contribution < 1.29 is 23.9 Å². The van der Waals surface area contributed by atoms with E-state index in [0.29, 0.717) is 16.8 Å². The van der Waals surface area contributed by atoms with Gasteiger partial charge in [0.25, 0.3) is 17.7 Å². The Balaban J connectivity index is 1.38. The zero-order chi connectivity index (χ0) is 20.4. The second-order valence-corrected chi connectivity index (χ2v) is 7.16. The lowest BCUT2D eigenvalue weighted by molar-refractivity contribution is -0.124. The minimum atomic E-state index is -0.638. The van der Waals surface area contributed by atoms with Crippen molar-refractivity contribution in [1.82, 2.24) is 5.32 Å².